The molecular weight excluding hydrogens is 394 g/mol. The van der Waals surface area contributed by atoms with Crippen LogP contribution in [0.3, 0.4) is 0 Å². The number of amides is 1. The van der Waals surface area contributed by atoms with Crippen LogP contribution < -0.4 is 0 Å². The summed E-state index contributed by atoms with van der Waals surface area (Å²) in [7, 11) is 0. The fraction of sp³-hybridized carbons (Fsp3) is 0.158. The molecule has 0 aliphatic carbocycles. The van der Waals surface area contributed by atoms with E-state index in [1.807, 2.05) is 36.4 Å². The van der Waals surface area contributed by atoms with E-state index in [0.29, 0.717) is 18.7 Å². The molecule has 0 saturated carbocycles. The van der Waals surface area contributed by atoms with Crippen molar-refractivity contribution in [3.63, 3.8) is 0 Å². The molecule has 128 valence electrons. The molecule has 0 spiro atoms. The van der Waals surface area contributed by atoms with Gasteiger partial charge >= 0.3 is 0 Å². The van der Waals surface area contributed by atoms with E-state index in [4.69, 9.17) is 0 Å². The molecule has 4 rings (SSSR count). The molecule has 3 aromatic rings. The third-order valence-electron chi connectivity index (χ3n) is 4.29. The molecule has 1 aromatic carbocycles. The van der Waals surface area contributed by atoms with Gasteiger partial charge in [-0.3, -0.25) is 9.78 Å². The van der Waals surface area contributed by atoms with E-state index in [1.54, 1.807) is 17.3 Å². The Morgan fingerprint density at radius 1 is 1.23 bits per heavy atom. The molecule has 1 aliphatic heterocycles. The Hall–Kier alpha value is -2.98. The second kappa shape index (κ2) is 7.10. The summed E-state index contributed by atoms with van der Waals surface area (Å²) in [6.45, 7) is 0.315. The number of nitrogens with zero attached hydrogens (tertiary/aromatic N) is 4. The zero-order valence-electron chi connectivity index (χ0n) is 13.7. The highest BCUT2D eigenvalue weighted by molar-refractivity contribution is 9.10. The predicted molar refractivity (Wildman–Crippen MR) is 99.1 cm³/mol. The van der Waals surface area contributed by atoms with Gasteiger partial charge < -0.3 is 4.90 Å². The lowest BCUT2D eigenvalue weighted by atomic mass is 10.0. The largest absolute Gasteiger partial charge is 0.320 e. The van der Waals surface area contributed by atoms with E-state index in [-0.39, 0.29) is 11.9 Å². The maximum absolute atomic E-state index is 12.9. The second-order valence-corrected chi connectivity index (χ2v) is 6.68. The number of nitrogens with one attached hydrogen (secondary N) is 1. The monoisotopic (exact) mass is 407 g/mol. The van der Waals surface area contributed by atoms with Gasteiger partial charge in [-0.1, -0.05) is 24.1 Å². The lowest BCUT2D eigenvalue weighted by Crippen LogP contribution is -2.30. The molecule has 0 bridgehead atoms. The first-order valence-electron chi connectivity index (χ1n) is 8.08. The third-order valence-corrected chi connectivity index (χ3v) is 5.01. The highest BCUT2D eigenvalue weighted by Crippen LogP contribution is 2.36. The van der Waals surface area contributed by atoms with E-state index in [1.165, 1.54) is 0 Å². The summed E-state index contributed by atoms with van der Waals surface area (Å²) >= 11 is 3.54. The zero-order chi connectivity index (χ0) is 17.9. The van der Waals surface area contributed by atoms with Gasteiger partial charge in [0.1, 0.15) is 0 Å². The maximum atomic E-state index is 12.9. The van der Waals surface area contributed by atoms with E-state index in [9.17, 15) is 4.79 Å². The first kappa shape index (κ1) is 16.5. The van der Waals surface area contributed by atoms with Crippen LogP contribution in [-0.2, 0) is 6.42 Å². The molecule has 7 heteroatoms. The van der Waals surface area contributed by atoms with Gasteiger partial charge in [0.05, 0.1) is 24.5 Å². The standard InChI is InChI=1S/C19H14BrN5O/c20-16-8-3-9-21-17(16)11-18-14-6-1-2-7-15(14)19(26)25(18)10-4-5-13-12-22-24-23-13/h1-3,6-9,12,18H,10-11H2,(H,22,23,24). The van der Waals surface area contributed by atoms with Crippen molar-refractivity contribution in [3.05, 3.63) is 75.8 Å². The van der Waals surface area contributed by atoms with E-state index >= 15 is 0 Å². The number of benzene rings is 1. The molecule has 0 radical (unpaired) electrons. The molecule has 2 aromatic heterocycles. The van der Waals surface area contributed by atoms with Crippen LogP contribution in [0.15, 0.2) is 53.3 Å². The number of carbonyl (C=O) groups excluding carboxylic acids is 1. The third kappa shape index (κ3) is 3.11. The van der Waals surface area contributed by atoms with Crippen LogP contribution in [0.1, 0.15) is 33.4 Å². The number of aromatic amines is 1. The van der Waals surface area contributed by atoms with Gasteiger partial charge in [-0.25, -0.2) is 0 Å². The topological polar surface area (TPSA) is 74.8 Å². The number of rotatable bonds is 3. The molecule has 0 saturated heterocycles. The first-order chi connectivity index (χ1) is 12.7. The Morgan fingerprint density at radius 3 is 2.92 bits per heavy atom. The van der Waals surface area contributed by atoms with Crippen molar-refractivity contribution in [2.45, 2.75) is 12.5 Å². The Bertz CT molecular complexity index is 1010. The SMILES string of the molecule is O=C1c2ccccc2C(Cc2ncccc2Br)N1CC#Cc1cn[nH]n1. The number of aromatic nitrogens is 4. The van der Waals surface area contributed by atoms with Gasteiger partial charge in [-0.2, -0.15) is 10.3 Å². The summed E-state index contributed by atoms with van der Waals surface area (Å²) in [5, 5.41) is 10.2. The average molecular weight is 408 g/mol. The maximum Gasteiger partial charge on any atom is 0.255 e. The molecule has 3 heterocycles. The smallest absolute Gasteiger partial charge is 0.255 e. The quantitative estimate of drug-likeness (QED) is 0.677. The fourth-order valence-electron chi connectivity index (χ4n) is 3.08. The van der Waals surface area contributed by atoms with E-state index in [2.05, 4.69) is 48.2 Å². The van der Waals surface area contributed by atoms with Gasteiger partial charge in [0, 0.05) is 22.7 Å². The minimum atomic E-state index is -0.100. The number of fused-ring (bicyclic) bond motifs is 1. The second-order valence-electron chi connectivity index (χ2n) is 5.83. The molecule has 1 unspecified atom stereocenters. The van der Waals surface area contributed by atoms with Crippen molar-refractivity contribution in [2.75, 3.05) is 6.54 Å². The van der Waals surface area contributed by atoms with Gasteiger partial charge in [0.25, 0.3) is 5.91 Å². The predicted octanol–water partition coefficient (Wildman–Crippen LogP) is 2.75. The molecule has 1 N–H and O–H groups in total. The van der Waals surface area contributed by atoms with Crippen LogP contribution in [0, 0.1) is 11.8 Å². The summed E-state index contributed by atoms with van der Waals surface area (Å²) in [6, 6.07) is 11.4. The van der Waals surface area contributed by atoms with Gasteiger partial charge in [-0.05, 0) is 45.6 Å². The number of carbonyl (C=O) groups is 1. The number of hydrogen-bond donors (Lipinski definition) is 1. The molecule has 1 atom stereocenters. The minimum absolute atomic E-state index is 0.00731. The molecule has 0 fully saturated rings. The lowest BCUT2D eigenvalue weighted by molar-refractivity contribution is 0.0750. The number of hydrogen-bond acceptors (Lipinski definition) is 4. The highest BCUT2D eigenvalue weighted by Gasteiger charge is 2.36. The van der Waals surface area contributed by atoms with Crippen LogP contribution in [0.2, 0.25) is 0 Å². The number of halogens is 1. The Balaban J connectivity index is 1.65. The van der Waals surface area contributed by atoms with Crippen LogP contribution >= 0.6 is 15.9 Å². The van der Waals surface area contributed by atoms with Crippen LogP contribution in [-0.4, -0.2) is 37.7 Å². The van der Waals surface area contributed by atoms with Gasteiger partial charge in [-0.15, -0.1) is 5.10 Å². The molecular formula is C19H14BrN5O. The first-order valence-corrected chi connectivity index (χ1v) is 8.87. The Kier molecular flexibility index (Phi) is 4.50. The molecule has 1 amide bonds. The average Bonchev–Trinajstić information content (AvgIpc) is 3.26. The van der Waals surface area contributed by atoms with Crippen molar-refractivity contribution in [1.29, 1.82) is 0 Å². The summed E-state index contributed by atoms with van der Waals surface area (Å²) in [5.74, 6) is 5.94. The number of pyridine rings is 1. The minimum Gasteiger partial charge on any atom is -0.320 e. The lowest BCUT2D eigenvalue weighted by Gasteiger charge is -2.23. The van der Waals surface area contributed by atoms with Crippen molar-refractivity contribution >= 4 is 21.8 Å². The van der Waals surface area contributed by atoms with Crippen LogP contribution in [0.4, 0.5) is 0 Å². The normalized spacial score (nSPS) is 15.5. The molecule has 1 aliphatic rings. The van der Waals surface area contributed by atoms with Crippen molar-refractivity contribution in [1.82, 2.24) is 25.3 Å². The highest BCUT2D eigenvalue weighted by atomic mass is 79.9. The van der Waals surface area contributed by atoms with Crippen LogP contribution in [0.25, 0.3) is 0 Å². The van der Waals surface area contributed by atoms with Crippen LogP contribution in [0.5, 0.6) is 0 Å². The number of H-pyrrole nitrogens is 1. The summed E-state index contributed by atoms with van der Waals surface area (Å²) in [5.41, 5.74) is 3.21. The Labute approximate surface area is 158 Å². The van der Waals surface area contributed by atoms with Gasteiger partial charge in [0.2, 0.25) is 0 Å². The zero-order valence-corrected chi connectivity index (χ0v) is 15.3. The van der Waals surface area contributed by atoms with E-state index in [0.717, 1.165) is 21.3 Å². The summed E-state index contributed by atoms with van der Waals surface area (Å²) in [4.78, 5) is 19.1. The van der Waals surface area contributed by atoms with Gasteiger partial charge in [0.15, 0.2) is 5.69 Å². The van der Waals surface area contributed by atoms with E-state index < -0.39 is 0 Å². The van der Waals surface area contributed by atoms with Crippen molar-refractivity contribution < 1.29 is 4.79 Å². The Morgan fingerprint density at radius 2 is 2.12 bits per heavy atom. The molecule has 26 heavy (non-hydrogen) atoms. The van der Waals surface area contributed by atoms with Crippen molar-refractivity contribution in [2.24, 2.45) is 0 Å². The fourth-order valence-corrected chi connectivity index (χ4v) is 3.49. The molecule has 6 nitrogen and oxygen atoms in total. The van der Waals surface area contributed by atoms with Crippen molar-refractivity contribution in [3.8, 4) is 11.8 Å². The summed E-state index contributed by atoms with van der Waals surface area (Å²) < 4.78 is 0.936. The summed E-state index contributed by atoms with van der Waals surface area (Å²) in [6.07, 6.45) is 3.93.